The number of aromatic hydroxyl groups is 2. The molecule has 1 aromatic carbocycles. The van der Waals surface area contributed by atoms with Crippen molar-refractivity contribution in [3.8, 4) is 11.5 Å². The number of carbonyl (C=O) groups is 1. The number of rotatable bonds is 1. The van der Waals surface area contributed by atoms with Crippen molar-refractivity contribution in [2.75, 3.05) is 0 Å². The third kappa shape index (κ3) is 2.06. The molecule has 12 heavy (non-hydrogen) atoms. The Morgan fingerprint density at radius 3 is 2.50 bits per heavy atom. The van der Waals surface area contributed by atoms with Crippen molar-refractivity contribution in [1.82, 2.24) is 0 Å². The van der Waals surface area contributed by atoms with Crippen LogP contribution in [-0.2, 0) is 0 Å². The van der Waals surface area contributed by atoms with Crippen LogP contribution in [0.25, 0.3) is 0 Å². The molecule has 5 heteroatoms. The van der Waals surface area contributed by atoms with Gasteiger partial charge in [-0.1, -0.05) is 0 Å². The fourth-order valence-corrected chi connectivity index (χ4v) is 1.17. The third-order valence-electron chi connectivity index (χ3n) is 1.14. The van der Waals surface area contributed by atoms with Crippen LogP contribution in [0.1, 0.15) is 0 Å². The van der Waals surface area contributed by atoms with Crippen molar-refractivity contribution >= 4 is 17.1 Å². The average molecular weight is 186 g/mol. The standard InChI is InChI=1S/C7H6O4S/c8-4-1-2-6(5(9)3-4)12-7(10)11/h1-3,8-9H,(H,10,11). The van der Waals surface area contributed by atoms with E-state index in [1.54, 1.807) is 0 Å². The van der Waals surface area contributed by atoms with Crippen LogP contribution < -0.4 is 0 Å². The Labute approximate surface area is 72.5 Å². The molecule has 64 valence electrons. The van der Waals surface area contributed by atoms with Crippen molar-refractivity contribution in [3.05, 3.63) is 18.2 Å². The molecule has 0 radical (unpaired) electrons. The summed E-state index contributed by atoms with van der Waals surface area (Å²) in [5.74, 6) is -0.329. The average Bonchev–Trinajstić information content (AvgIpc) is 1.94. The van der Waals surface area contributed by atoms with E-state index in [1.165, 1.54) is 12.1 Å². The lowest BCUT2D eigenvalue weighted by Crippen LogP contribution is -1.83. The molecule has 0 bridgehead atoms. The fraction of sp³-hybridized carbons (Fsp3) is 0. The molecule has 0 aromatic heterocycles. The Bertz CT molecular complexity index is 310. The molecule has 0 saturated heterocycles. The van der Waals surface area contributed by atoms with Crippen molar-refractivity contribution in [3.63, 3.8) is 0 Å². The van der Waals surface area contributed by atoms with Crippen LogP contribution in [0.4, 0.5) is 4.79 Å². The monoisotopic (exact) mass is 186 g/mol. The molecule has 0 saturated carbocycles. The molecule has 4 nitrogen and oxygen atoms in total. The molecule has 1 aromatic rings. The lowest BCUT2D eigenvalue weighted by molar-refractivity contribution is 0.222. The van der Waals surface area contributed by atoms with Crippen LogP contribution in [0.3, 0.4) is 0 Å². The SMILES string of the molecule is O=C(O)Sc1ccc(O)cc1O. The van der Waals surface area contributed by atoms with Crippen LogP contribution in [-0.4, -0.2) is 20.6 Å². The Balaban J connectivity index is 2.93. The zero-order chi connectivity index (χ0) is 9.14. The summed E-state index contributed by atoms with van der Waals surface area (Å²) in [6.07, 6.45) is 0. The lowest BCUT2D eigenvalue weighted by atomic mass is 10.3. The minimum atomic E-state index is -1.10. The van der Waals surface area contributed by atoms with Crippen molar-refractivity contribution < 1.29 is 20.1 Å². The maximum absolute atomic E-state index is 10.2. The topological polar surface area (TPSA) is 77.8 Å². The van der Waals surface area contributed by atoms with E-state index in [0.717, 1.165) is 6.07 Å². The summed E-state index contributed by atoms with van der Waals surface area (Å²) in [5, 5.41) is 25.2. The smallest absolute Gasteiger partial charge is 0.369 e. The molecule has 0 aliphatic carbocycles. The molecule has 0 aliphatic heterocycles. The fourth-order valence-electron chi connectivity index (χ4n) is 0.686. The normalized spacial score (nSPS) is 9.67. The highest BCUT2D eigenvalue weighted by molar-refractivity contribution is 8.13. The molecule has 0 aliphatic rings. The number of carboxylic acid groups (broad SMARTS) is 1. The molecular formula is C7H6O4S. The van der Waals surface area contributed by atoms with Crippen LogP contribution in [0.15, 0.2) is 23.1 Å². The van der Waals surface area contributed by atoms with Crippen LogP contribution in [0.2, 0.25) is 0 Å². The van der Waals surface area contributed by atoms with Gasteiger partial charge in [-0.3, -0.25) is 0 Å². The molecule has 1 rings (SSSR count). The second-order valence-corrected chi connectivity index (χ2v) is 3.01. The van der Waals surface area contributed by atoms with Gasteiger partial charge >= 0.3 is 5.30 Å². The van der Waals surface area contributed by atoms with E-state index in [1.807, 2.05) is 0 Å². The van der Waals surface area contributed by atoms with E-state index in [-0.39, 0.29) is 16.4 Å². The number of hydrogen-bond donors (Lipinski definition) is 3. The van der Waals surface area contributed by atoms with Crippen molar-refractivity contribution in [1.29, 1.82) is 0 Å². The van der Waals surface area contributed by atoms with Gasteiger partial charge < -0.3 is 15.3 Å². The maximum Gasteiger partial charge on any atom is 0.369 e. The van der Waals surface area contributed by atoms with Gasteiger partial charge in [0.05, 0.1) is 4.90 Å². The van der Waals surface area contributed by atoms with Crippen LogP contribution >= 0.6 is 11.8 Å². The Hall–Kier alpha value is -1.36. The Morgan fingerprint density at radius 1 is 1.33 bits per heavy atom. The lowest BCUT2D eigenvalue weighted by Gasteiger charge is -1.99. The van der Waals surface area contributed by atoms with Gasteiger partial charge in [0, 0.05) is 6.07 Å². The van der Waals surface area contributed by atoms with Gasteiger partial charge in [0.25, 0.3) is 0 Å². The molecule has 0 unspecified atom stereocenters. The summed E-state index contributed by atoms with van der Waals surface area (Å²) in [5.41, 5.74) is 0. The first-order valence-electron chi connectivity index (χ1n) is 3.02. The van der Waals surface area contributed by atoms with Crippen molar-refractivity contribution in [2.24, 2.45) is 0 Å². The molecule has 0 atom stereocenters. The third-order valence-corrected chi connectivity index (χ3v) is 1.88. The highest BCUT2D eigenvalue weighted by atomic mass is 32.2. The largest absolute Gasteiger partial charge is 0.508 e. The number of benzene rings is 1. The molecular weight excluding hydrogens is 180 g/mol. The van der Waals surface area contributed by atoms with Crippen molar-refractivity contribution in [2.45, 2.75) is 4.90 Å². The summed E-state index contributed by atoms with van der Waals surface area (Å²) in [6, 6.07) is 3.74. The Morgan fingerprint density at radius 2 is 2.00 bits per heavy atom. The van der Waals surface area contributed by atoms with Crippen LogP contribution in [0, 0.1) is 0 Å². The summed E-state index contributed by atoms with van der Waals surface area (Å²) in [6.45, 7) is 0. The van der Waals surface area contributed by atoms with E-state index in [9.17, 15) is 4.79 Å². The predicted molar refractivity (Wildman–Crippen MR) is 43.7 cm³/mol. The Kier molecular flexibility index (Phi) is 2.44. The predicted octanol–water partition coefficient (Wildman–Crippen LogP) is 1.87. The minimum Gasteiger partial charge on any atom is -0.508 e. The van der Waals surface area contributed by atoms with Gasteiger partial charge in [0.2, 0.25) is 0 Å². The van der Waals surface area contributed by atoms with E-state index in [4.69, 9.17) is 15.3 Å². The van der Waals surface area contributed by atoms with Gasteiger partial charge in [0.15, 0.2) is 0 Å². The zero-order valence-electron chi connectivity index (χ0n) is 5.89. The zero-order valence-corrected chi connectivity index (χ0v) is 6.71. The highest BCUT2D eigenvalue weighted by Crippen LogP contribution is 2.31. The van der Waals surface area contributed by atoms with E-state index in [2.05, 4.69) is 0 Å². The van der Waals surface area contributed by atoms with Gasteiger partial charge in [-0.15, -0.1) is 0 Å². The molecule has 0 spiro atoms. The van der Waals surface area contributed by atoms with Gasteiger partial charge in [-0.25, -0.2) is 4.79 Å². The van der Waals surface area contributed by atoms with E-state index < -0.39 is 5.30 Å². The van der Waals surface area contributed by atoms with Gasteiger partial charge in [-0.05, 0) is 23.9 Å². The molecule has 0 amide bonds. The van der Waals surface area contributed by atoms with Gasteiger partial charge in [-0.2, -0.15) is 0 Å². The number of phenolic OH excluding ortho intramolecular Hbond substituents is 2. The second-order valence-electron chi connectivity index (χ2n) is 2.02. The van der Waals surface area contributed by atoms with Gasteiger partial charge in [0.1, 0.15) is 11.5 Å². The summed E-state index contributed by atoms with van der Waals surface area (Å²) < 4.78 is 0. The van der Waals surface area contributed by atoms with E-state index >= 15 is 0 Å². The number of thioether (sulfide) groups is 1. The summed E-state index contributed by atoms with van der Waals surface area (Å²) >= 11 is 0.489. The molecule has 3 N–H and O–H groups in total. The maximum atomic E-state index is 10.2. The van der Waals surface area contributed by atoms with Crippen LogP contribution in [0.5, 0.6) is 11.5 Å². The summed E-state index contributed by atoms with van der Waals surface area (Å²) in [4.78, 5) is 10.4. The number of hydrogen-bond acceptors (Lipinski definition) is 4. The first kappa shape index (κ1) is 8.73. The summed E-state index contributed by atoms with van der Waals surface area (Å²) in [7, 11) is 0. The van der Waals surface area contributed by atoms with E-state index in [0.29, 0.717) is 11.8 Å². The quantitative estimate of drug-likeness (QED) is 0.583. The first-order valence-corrected chi connectivity index (χ1v) is 3.84. The number of phenols is 2. The minimum absolute atomic E-state index is 0.0951. The molecule has 0 fully saturated rings. The highest BCUT2D eigenvalue weighted by Gasteiger charge is 2.06. The first-order chi connectivity index (χ1) is 5.59. The molecule has 0 heterocycles. The second kappa shape index (κ2) is 3.36.